The molecule has 3 aliphatic heterocycles. The van der Waals surface area contributed by atoms with Gasteiger partial charge in [-0.2, -0.15) is 0 Å². The number of hydrogen-bond donors (Lipinski definition) is 4. The monoisotopic (exact) mass is 707 g/mol. The average molecular weight is 708 g/mol. The maximum Gasteiger partial charge on any atom is 0.386 e. The van der Waals surface area contributed by atoms with Gasteiger partial charge in [-0.05, 0) is 18.7 Å². The van der Waals surface area contributed by atoms with Crippen molar-refractivity contribution in [2.24, 2.45) is 0 Å². The van der Waals surface area contributed by atoms with Crippen LogP contribution < -0.4 is 5.73 Å². The number of nitrogen functional groups attached to an aromatic ring is 1. The highest BCUT2D eigenvalue weighted by Gasteiger charge is 2.53. The van der Waals surface area contributed by atoms with Crippen LogP contribution in [-0.4, -0.2) is 98.1 Å². The van der Waals surface area contributed by atoms with Crippen LogP contribution in [0, 0.1) is 6.92 Å². The number of nitrogens with zero attached hydrogens (tertiary/aromatic N) is 8. The van der Waals surface area contributed by atoms with E-state index in [1.54, 1.807) is 6.92 Å². The van der Waals surface area contributed by atoms with Crippen LogP contribution in [0.5, 0.6) is 0 Å². The van der Waals surface area contributed by atoms with Crippen LogP contribution in [0.1, 0.15) is 18.1 Å². The molecule has 3 saturated heterocycles. The lowest BCUT2D eigenvalue weighted by molar-refractivity contribution is -0.0583. The van der Waals surface area contributed by atoms with Crippen LogP contribution >= 0.6 is 37.4 Å². The van der Waals surface area contributed by atoms with Crippen LogP contribution in [0.3, 0.4) is 0 Å². The Hall–Kier alpha value is -1.90. The lowest BCUT2D eigenvalue weighted by Gasteiger charge is -2.27. The Labute approximate surface area is 263 Å². The summed E-state index contributed by atoms with van der Waals surface area (Å²) in [6, 6.07) is 0. The highest BCUT2D eigenvalue weighted by molar-refractivity contribution is 8.44. The van der Waals surface area contributed by atoms with Crippen LogP contribution in [0.15, 0.2) is 25.3 Å². The molecule has 2 bridgehead atoms. The molecule has 3 aliphatic rings. The van der Waals surface area contributed by atoms with E-state index in [4.69, 9.17) is 56.7 Å². The molecule has 0 spiro atoms. The molecule has 18 nitrogen and oxygen atoms in total. The lowest BCUT2D eigenvalue weighted by Crippen LogP contribution is -2.35. The maximum absolute atomic E-state index is 13.6. The fourth-order valence-electron chi connectivity index (χ4n) is 5.29. The van der Waals surface area contributed by atoms with Crippen molar-refractivity contribution in [1.82, 2.24) is 39.0 Å². The molecule has 10 atom stereocenters. The minimum Gasteiger partial charge on any atom is -0.387 e. The van der Waals surface area contributed by atoms with Crippen molar-refractivity contribution in [2.75, 3.05) is 18.9 Å². The number of anilines is 1. The van der Waals surface area contributed by atoms with Crippen molar-refractivity contribution in [3.63, 3.8) is 0 Å². The first-order chi connectivity index (χ1) is 20.9. The molecule has 0 amide bonds. The second-order valence-corrected chi connectivity index (χ2v) is 16.3. The number of aliphatic hydroxyl groups is 1. The van der Waals surface area contributed by atoms with E-state index in [-0.39, 0.29) is 5.82 Å². The van der Waals surface area contributed by atoms with E-state index in [0.717, 1.165) is 0 Å². The van der Waals surface area contributed by atoms with Gasteiger partial charge in [0.1, 0.15) is 59.6 Å². The number of aromatic nitrogens is 8. The molecule has 44 heavy (non-hydrogen) atoms. The van der Waals surface area contributed by atoms with Gasteiger partial charge in [0.25, 0.3) is 0 Å². The summed E-state index contributed by atoms with van der Waals surface area (Å²) in [5, 5.41) is 10.2. The van der Waals surface area contributed by atoms with Gasteiger partial charge >= 0.3 is 13.5 Å². The Kier molecular flexibility index (Phi) is 7.97. The fourth-order valence-corrected chi connectivity index (χ4v) is 8.66. The van der Waals surface area contributed by atoms with Gasteiger partial charge in [-0.1, -0.05) is 12.2 Å². The zero-order valence-electron chi connectivity index (χ0n) is 22.4. The molecule has 23 heteroatoms. The summed E-state index contributed by atoms with van der Waals surface area (Å²) in [7, 11) is 0. The summed E-state index contributed by atoms with van der Waals surface area (Å²) in [5.74, 6) is 0.149. The van der Waals surface area contributed by atoms with Crippen molar-refractivity contribution >= 4 is 77.3 Å². The fraction of sp³-hybridized carbons (Fsp3) is 0.524. The molecule has 4 aromatic heterocycles. The first-order valence-corrected chi connectivity index (χ1v) is 18.7. The Morgan fingerprint density at radius 1 is 0.955 bits per heavy atom. The van der Waals surface area contributed by atoms with Gasteiger partial charge in [0.05, 0.1) is 31.6 Å². The standard InChI is InChI=1S/C21H24ClN9O9P2S2/c1-8-12-18(26-4-24-8)31(6-28-12)21-16-14(32)9(37-21)2-35-41(33,43)39-15-10(3-36-42(34,44)40-16)38-20(11(15)22)30-7-29-13-17(23)25-5-27-19(13)30/h4-7,9-11,14-16,20-21,32H,2-3H2,1H3,(H,33,43)(H,34,44)(H2,23,25,27)/t9-,10?,11-,14-,15-,16-,20-,21-,41?,42?/m1/s1. The predicted molar refractivity (Wildman–Crippen MR) is 158 cm³/mol. The van der Waals surface area contributed by atoms with Crippen molar-refractivity contribution in [1.29, 1.82) is 0 Å². The molecule has 0 saturated carbocycles. The molecule has 0 radical (unpaired) electrons. The number of halogens is 1. The number of fused-ring (bicyclic) bond motifs is 5. The molecule has 4 N–H and O–H groups in total. The summed E-state index contributed by atoms with van der Waals surface area (Å²) in [5.41, 5.74) is 8.03. The zero-order valence-corrected chi connectivity index (χ0v) is 26.6. The van der Waals surface area contributed by atoms with Crippen LogP contribution in [-0.2, 0) is 43.9 Å². The third-order valence-electron chi connectivity index (χ3n) is 7.37. The number of thiol groups is 1. The molecule has 236 valence electrons. The number of rotatable bonds is 2. The van der Waals surface area contributed by atoms with Gasteiger partial charge in [0, 0.05) is 0 Å². The van der Waals surface area contributed by atoms with Crippen LogP contribution in [0.2, 0.25) is 0 Å². The quantitative estimate of drug-likeness (QED) is 0.131. The van der Waals surface area contributed by atoms with Gasteiger partial charge in [-0.25, -0.2) is 34.5 Å². The second-order valence-electron chi connectivity index (χ2n) is 10.1. The molecule has 3 unspecified atom stereocenters. The first kappa shape index (κ1) is 30.7. The average Bonchev–Trinajstić information content (AvgIpc) is 3.73. The van der Waals surface area contributed by atoms with E-state index in [0.29, 0.717) is 28.0 Å². The Bertz CT molecular complexity index is 1840. The topological polar surface area (TPSA) is 226 Å². The highest BCUT2D eigenvalue weighted by atomic mass is 35.5. The largest absolute Gasteiger partial charge is 0.387 e. The third kappa shape index (κ3) is 5.45. The number of aryl methyl sites for hydroxylation is 1. The summed E-state index contributed by atoms with van der Waals surface area (Å²) < 4.78 is 51.6. The number of imidazole rings is 2. The van der Waals surface area contributed by atoms with E-state index >= 15 is 0 Å². The zero-order chi connectivity index (χ0) is 31.0. The molecule has 0 aliphatic carbocycles. The molecule has 7 heterocycles. The molecule has 0 aromatic carbocycles. The minimum atomic E-state index is -4.24. The van der Waals surface area contributed by atoms with Crippen molar-refractivity contribution in [3.8, 4) is 0 Å². The molecular weight excluding hydrogens is 684 g/mol. The van der Waals surface area contributed by atoms with E-state index in [9.17, 15) is 14.6 Å². The summed E-state index contributed by atoms with van der Waals surface area (Å²) >= 11 is 16.3. The van der Waals surface area contributed by atoms with Crippen LogP contribution in [0.25, 0.3) is 22.3 Å². The Morgan fingerprint density at radius 3 is 2.36 bits per heavy atom. The highest BCUT2D eigenvalue weighted by Crippen LogP contribution is 2.58. The third-order valence-corrected chi connectivity index (χ3v) is 11.0. The molecule has 7 rings (SSSR count). The SMILES string of the molecule is Cc1ncnc2c1ncn2[C@@H]1O[C@@H]2COP(O)(=S)O[C@@H]3C(COP(=O)(S)O[C@@H]1[C@@H]2O)O[C@@H](n1cnc2c(N)ncnc21)[C@@H]3Cl. The van der Waals surface area contributed by atoms with Crippen molar-refractivity contribution in [2.45, 2.75) is 55.3 Å². The number of ether oxygens (including phenoxy) is 2. The van der Waals surface area contributed by atoms with Gasteiger partial charge in [-0.15, -0.1) is 11.6 Å². The van der Waals surface area contributed by atoms with Crippen molar-refractivity contribution < 1.29 is 42.1 Å². The lowest BCUT2D eigenvalue weighted by atomic mass is 10.1. The van der Waals surface area contributed by atoms with Crippen LogP contribution in [0.4, 0.5) is 5.82 Å². The van der Waals surface area contributed by atoms with E-state index in [2.05, 4.69) is 42.2 Å². The molecular formula is C21H24ClN9O9P2S2. The van der Waals surface area contributed by atoms with Crippen molar-refractivity contribution in [3.05, 3.63) is 31.0 Å². The van der Waals surface area contributed by atoms with Gasteiger partial charge in [0.2, 0.25) is 0 Å². The number of alkyl halides is 1. The first-order valence-electron chi connectivity index (χ1n) is 12.9. The number of aliphatic hydroxyl groups excluding tert-OH is 1. The summed E-state index contributed by atoms with van der Waals surface area (Å²) in [6.07, 6.45) is -2.72. The van der Waals surface area contributed by atoms with E-state index in [1.165, 1.54) is 34.4 Å². The second kappa shape index (κ2) is 11.4. The normalized spacial score (nSPS) is 38.3. The Balaban J connectivity index is 1.20. The smallest absolute Gasteiger partial charge is 0.386 e. The number of nitrogens with two attached hydrogens (primary N) is 1. The van der Waals surface area contributed by atoms with E-state index in [1.807, 2.05) is 0 Å². The Morgan fingerprint density at radius 2 is 1.59 bits per heavy atom. The minimum absolute atomic E-state index is 0.149. The van der Waals surface area contributed by atoms with Gasteiger partial charge < -0.3 is 34.3 Å². The maximum atomic E-state index is 13.6. The van der Waals surface area contributed by atoms with E-state index < -0.39 is 75.1 Å². The predicted octanol–water partition coefficient (Wildman–Crippen LogP) is 1.39. The summed E-state index contributed by atoms with van der Waals surface area (Å²) in [6.45, 7) is -7.41. The summed E-state index contributed by atoms with van der Waals surface area (Å²) in [4.78, 5) is 36.2. The number of hydrogen-bond acceptors (Lipinski definition) is 16. The molecule has 4 aromatic rings. The van der Waals surface area contributed by atoms with Gasteiger partial charge in [-0.3, -0.25) is 18.2 Å². The van der Waals surface area contributed by atoms with Gasteiger partial charge in [0.15, 0.2) is 29.6 Å². The molecule has 3 fully saturated rings.